The zero-order chi connectivity index (χ0) is 12.4. The molecule has 0 bridgehead atoms. The molecule has 0 saturated heterocycles. The van der Waals surface area contributed by atoms with Crippen molar-refractivity contribution < 1.29 is 0 Å². The SMILES string of the molecule is CCCCc1ccc2ccc3ncccc3c2n1. The van der Waals surface area contributed by atoms with Gasteiger partial charge in [0.2, 0.25) is 0 Å². The van der Waals surface area contributed by atoms with Crippen LogP contribution in [0.3, 0.4) is 0 Å². The van der Waals surface area contributed by atoms with Gasteiger partial charge in [-0.15, -0.1) is 0 Å². The smallest absolute Gasteiger partial charge is 0.0799 e. The van der Waals surface area contributed by atoms with Crippen molar-refractivity contribution in [3.63, 3.8) is 0 Å². The third kappa shape index (κ3) is 1.94. The standard InChI is InChI=1S/C16H16N2/c1-2-3-5-13-9-7-12-8-10-15-14(16(12)18-13)6-4-11-17-15/h4,6-11H,2-3,5H2,1H3. The van der Waals surface area contributed by atoms with Gasteiger partial charge in [0.05, 0.1) is 11.0 Å². The van der Waals surface area contributed by atoms with E-state index in [1.807, 2.05) is 12.3 Å². The van der Waals surface area contributed by atoms with Crippen molar-refractivity contribution in [3.05, 3.63) is 48.3 Å². The van der Waals surface area contributed by atoms with Crippen LogP contribution in [-0.4, -0.2) is 9.97 Å². The third-order valence-electron chi connectivity index (χ3n) is 3.29. The minimum Gasteiger partial charge on any atom is -0.256 e. The fourth-order valence-electron chi connectivity index (χ4n) is 2.28. The van der Waals surface area contributed by atoms with Crippen LogP contribution in [0.1, 0.15) is 25.5 Å². The van der Waals surface area contributed by atoms with E-state index in [-0.39, 0.29) is 0 Å². The first-order valence-electron chi connectivity index (χ1n) is 6.52. The van der Waals surface area contributed by atoms with Gasteiger partial charge in [-0.1, -0.05) is 25.5 Å². The highest BCUT2D eigenvalue weighted by Crippen LogP contribution is 2.22. The van der Waals surface area contributed by atoms with E-state index >= 15 is 0 Å². The fourth-order valence-corrected chi connectivity index (χ4v) is 2.28. The zero-order valence-electron chi connectivity index (χ0n) is 10.6. The highest BCUT2D eigenvalue weighted by Gasteiger charge is 2.03. The molecule has 3 rings (SSSR count). The summed E-state index contributed by atoms with van der Waals surface area (Å²) in [4.78, 5) is 9.18. The van der Waals surface area contributed by atoms with E-state index in [0.717, 1.165) is 22.8 Å². The molecule has 0 amide bonds. The van der Waals surface area contributed by atoms with Crippen LogP contribution in [0.2, 0.25) is 0 Å². The van der Waals surface area contributed by atoms with Gasteiger partial charge < -0.3 is 0 Å². The topological polar surface area (TPSA) is 25.8 Å². The molecule has 2 heteroatoms. The van der Waals surface area contributed by atoms with E-state index < -0.39 is 0 Å². The molecule has 0 aliphatic carbocycles. The number of pyridine rings is 2. The lowest BCUT2D eigenvalue weighted by Gasteiger charge is -2.05. The lowest BCUT2D eigenvalue weighted by Crippen LogP contribution is -1.91. The average Bonchev–Trinajstić information content (AvgIpc) is 2.45. The molecule has 0 radical (unpaired) electrons. The highest BCUT2D eigenvalue weighted by molar-refractivity contribution is 6.03. The Morgan fingerprint density at radius 3 is 2.83 bits per heavy atom. The van der Waals surface area contributed by atoms with E-state index in [4.69, 9.17) is 4.98 Å². The Labute approximate surface area is 107 Å². The number of aromatic nitrogens is 2. The number of unbranched alkanes of at least 4 members (excludes halogenated alkanes) is 1. The van der Waals surface area contributed by atoms with Crippen molar-refractivity contribution in [2.24, 2.45) is 0 Å². The molecular weight excluding hydrogens is 220 g/mol. The molecule has 0 spiro atoms. The first kappa shape index (κ1) is 11.1. The third-order valence-corrected chi connectivity index (χ3v) is 3.29. The molecule has 0 unspecified atom stereocenters. The molecule has 2 heterocycles. The lowest BCUT2D eigenvalue weighted by atomic mass is 10.1. The molecule has 1 aromatic carbocycles. The van der Waals surface area contributed by atoms with Gasteiger partial charge in [-0.2, -0.15) is 0 Å². The quantitative estimate of drug-likeness (QED) is 0.639. The minimum atomic E-state index is 1.02. The Hall–Kier alpha value is -1.96. The number of benzene rings is 1. The Morgan fingerprint density at radius 1 is 1.06 bits per heavy atom. The Morgan fingerprint density at radius 2 is 1.94 bits per heavy atom. The van der Waals surface area contributed by atoms with Gasteiger partial charge in [0, 0.05) is 22.7 Å². The van der Waals surface area contributed by atoms with Gasteiger partial charge >= 0.3 is 0 Å². The second-order valence-corrected chi connectivity index (χ2v) is 4.61. The summed E-state index contributed by atoms with van der Waals surface area (Å²) in [6.07, 6.45) is 5.29. The summed E-state index contributed by atoms with van der Waals surface area (Å²) in [5.41, 5.74) is 3.28. The van der Waals surface area contributed by atoms with Crippen LogP contribution in [-0.2, 0) is 6.42 Å². The maximum Gasteiger partial charge on any atom is 0.0799 e. The van der Waals surface area contributed by atoms with Gasteiger partial charge in [0.15, 0.2) is 0 Å². The summed E-state index contributed by atoms with van der Waals surface area (Å²) >= 11 is 0. The lowest BCUT2D eigenvalue weighted by molar-refractivity contribution is 0.780. The average molecular weight is 236 g/mol. The van der Waals surface area contributed by atoms with Gasteiger partial charge in [0.1, 0.15) is 0 Å². The van der Waals surface area contributed by atoms with E-state index in [9.17, 15) is 0 Å². The Balaban J connectivity index is 2.20. The highest BCUT2D eigenvalue weighted by atomic mass is 14.7. The van der Waals surface area contributed by atoms with E-state index in [1.54, 1.807) is 0 Å². The molecule has 0 saturated carbocycles. The first-order valence-corrected chi connectivity index (χ1v) is 6.52. The molecule has 90 valence electrons. The van der Waals surface area contributed by atoms with Crippen LogP contribution in [0.25, 0.3) is 21.8 Å². The summed E-state index contributed by atoms with van der Waals surface area (Å²) in [6, 6.07) is 12.5. The van der Waals surface area contributed by atoms with Crippen LogP contribution in [0.4, 0.5) is 0 Å². The second kappa shape index (κ2) is 4.73. The summed E-state index contributed by atoms with van der Waals surface area (Å²) in [7, 11) is 0. The van der Waals surface area contributed by atoms with Crippen LogP contribution in [0.5, 0.6) is 0 Å². The summed E-state index contributed by atoms with van der Waals surface area (Å²) in [6.45, 7) is 2.21. The molecular formula is C16H16N2. The van der Waals surface area contributed by atoms with Crippen LogP contribution >= 0.6 is 0 Å². The number of nitrogens with zero attached hydrogens (tertiary/aromatic N) is 2. The van der Waals surface area contributed by atoms with Gasteiger partial charge in [0.25, 0.3) is 0 Å². The van der Waals surface area contributed by atoms with Crippen LogP contribution in [0.15, 0.2) is 42.6 Å². The maximum absolute atomic E-state index is 4.80. The molecule has 2 aromatic heterocycles. The predicted octanol–water partition coefficient (Wildman–Crippen LogP) is 4.13. The molecule has 0 atom stereocenters. The number of rotatable bonds is 3. The predicted molar refractivity (Wildman–Crippen MR) is 75.7 cm³/mol. The van der Waals surface area contributed by atoms with E-state index in [2.05, 4.69) is 42.2 Å². The van der Waals surface area contributed by atoms with Crippen molar-refractivity contribution in [1.29, 1.82) is 0 Å². The monoisotopic (exact) mass is 236 g/mol. The second-order valence-electron chi connectivity index (χ2n) is 4.61. The van der Waals surface area contributed by atoms with Gasteiger partial charge in [-0.05, 0) is 37.1 Å². The molecule has 2 nitrogen and oxygen atoms in total. The fraction of sp³-hybridized carbons (Fsp3) is 0.250. The largest absolute Gasteiger partial charge is 0.256 e. The number of hydrogen-bond acceptors (Lipinski definition) is 2. The zero-order valence-corrected chi connectivity index (χ0v) is 10.6. The summed E-state index contributed by atoms with van der Waals surface area (Å²) in [5, 5.41) is 2.34. The molecule has 0 N–H and O–H groups in total. The van der Waals surface area contributed by atoms with Crippen molar-refractivity contribution in [3.8, 4) is 0 Å². The van der Waals surface area contributed by atoms with E-state index in [1.165, 1.54) is 23.9 Å². The number of fused-ring (bicyclic) bond motifs is 3. The van der Waals surface area contributed by atoms with Crippen LogP contribution < -0.4 is 0 Å². The molecule has 0 aliphatic rings. The van der Waals surface area contributed by atoms with Gasteiger partial charge in [-0.25, -0.2) is 0 Å². The molecule has 18 heavy (non-hydrogen) atoms. The van der Waals surface area contributed by atoms with Crippen molar-refractivity contribution >= 4 is 21.8 Å². The minimum absolute atomic E-state index is 1.02. The first-order chi connectivity index (χ1) is 8.88. The van der Waals surface area contributed by atoms with E-state index in [0.29, 0.717) is 0 Å². The van der Waals surface area contributed by atoms with Crippen LogP contribution in [0, 0.1) is 0 Å². The molecule has 3 aromatic rings. The van der Waals surface area contributed by atoms with Crippen molar-refractivity contribution in [2.45, 2.75) is 26.2 Å². The Kier molecular flexibility index (Phi) is 2.93. The molecule has 0 aliphatic heterocycles. The normalized spacial score (nSPS) is 11.2. The summed E-state index contributed by atoms with van der Waals surface area (Å²) < 4.78 is 0. The maximum atomic E-state index is 4.80. The number of aryl methyl sites for hydroxylation is 1. The Bertz CT molecular complexity index is 689. The van der Waals surface area contributed by atoms with Gasteiger partial charge in [-0.3, -0.25) is 9.97 Å². The summed E-state index contributed by atoms with van der Waals surface area (Å²) in [5.74, 6) is 0. The molecule has 0 fully saturated rings. The van der Waals surface area contributed by atoms with Crippen molar-refractivity contribution in [2.75, 3.05) is 0 Å². The number of hydrogen-bond donors (Lipinski definition) is 0. The van der Waals surface area contributed by atoms with Crippen molar-refractivity contribution in [1.82, 2.24) is 9.97 Å².